The lowest BCUT2D eigenvalue weighted by atomic mass is 10.2. The van der Waals surface area contributed by atoms with Gasteiger partial charge in [0.05, 0.1) is 0 Å². The summed E-state index contributed by atoms with van der Waals surface area (Å²) in [6.07, 6.45) is 5.36. The van der Waals surface area contributed by atoms with E-state index >= 15 is 0 Å². The topological polar surface area (TPSA) is 49.6 Å². The van der Waals surface area contributed by atoms with Gasteiger partial charge in [0, 0.05) is 32.1 Å². The zero-order chi connectivity index (χ0) is 12.0. The van der Waals surface area contributed by atoms with Gasteiger partial charge in [-0.1, -0.05) is 12.8 Å². The quantitative estimate of drug-likeness (QED) is 0.781. The fraction of sp³-hybridized carbons (Fsp3) is 0.917. The normalized spacial score (nSPS) is 16.0. The van der Waals surface area contributed by atoms with Gasteiger partial charge in [-0.05, 0) is 26.9 Å². The van der Waals surface area contributed by atoms with Gasteiger partial charge in [-0.2, -0.15) is 0 Å². The first-order valence-electron chi connectivity index (χ1n) is 6.29. The lowest BCUT2D eigenvalue weighted by Gasteiger charge is -2.30. The molecule has 2 N–H and O–H groups in total. The summed E-state index contributed by atoms with van der Waals surface area (Å²) < 4.78 is 0. The van der Waals surface area contributed by atoms with Gasteiger partial charge in [0.1, 0.15) is 0 Å². The van der Waals surface area contributed by atoms with Crippen LogP contribution in [-0.2, 0) is 4.79 Å². The van der Waals surface area contributed by atoms with E-state index in [-0.39, 0.29) is 18.3 Å². The first-order chi connectivity index (χ1) is 7.65. The molecule has 102 valence electrons. The largest absolute Gasteiger partial charge is 0.338 e. The number of hydrogen-bond donors (Lipinski definition) is 1. The number of carbonyl (C=O) groups excluding carboxylic acids is 1. The maximum absolute atomic E-state index is 12.0. The van der Waals surface area contributed by atoms with Gasteiger partial charge in [-0.25, -0.2) is 0 Å². The standard InChI is InChI=1S/C12H25N3O.ClH/c1-14(2)9-10-15(12(16)7-8-13)11-5-3-4-6-11;/h11H,3-10,13H2,1-2H3;1H. The van der Waals surface area contributed by atoms with Gasteiger partial charge in [-0.15, -0.1) is 12.4 Å². The minimum absolute atomic E-state index is 0. The van der Waals surface area contributed by atoms with Gasteiger partial charge in [0.25, 0.3) is 0 Å². The summed E-state index contributed by atoms with van der Waals surface area (Å²) in [6, 6.07) is 0.471. The highest BCUT2D eigenvalue weighted by molar-refractivity contribution is 5.85. The molecule has 0 aromatic heterocycles. The fourth-order valence-corrected chi connectivity index (χ4v) is 2.30. The minimum atomic E-state index is 0. The minimum Gasteiger partial charge on any atom is -0.338 e. The van der Waals surface area contributed by atoms with Crippen molar-refractivity contribution in [3.8, 4) is 0 Å². The van der Waals surface area contributed by atoms with E-state index in [1.54, 1.807) is 0 Å². The highest BCUT2D eigenvalue weighted by Gasteiger charge is 2.25. The number of hydrogen-bond acceptors (Lipinski definition) is 3. The van der Waals surface area contributed by atoms with E-state index in [2.05, 4.69) is 9.80 Å². The van der Waals surface area contributed by atoms with Crippen LogP contribution >= 0.6 is 12.4 Å². The molecule has 0 atom stereocenters. The summed E-state index contributed by atoms with van der Waals surface area (Å²) >= 11 is 0. The van der Waals surface area contributed by atoms with E-state index in [9.17, 15) is 4.79 Å². The average molecular weight is 264 g/mol. The monoisotopic (exact) mass is 263 g/mol. The Morgan fingerprint density at radius 1 is 1.24 bits per heavy atom. The second kappa shape index (κ2) is 8.72. The van der Waals surface area contributed by atoms with E-state index in [1.807, 2.05) is 14.1 Å². The van der Waals surface area contributed by atoms with E-state index in [0.29, 0.717) is 19.0 Å². The third-order valence-corrected chi connectivity index (χ3v) is 3.23. The van der Waals surface area contributed by atoms with Crippen LogP contribution in [0.4, 0.5) is 0 Å². The van der Waals surface area contributed by atoms with Crippen LogP contribution < -0.4 is 5.73 Å². The Bertz CT molecular complexity index is 218. The Balaban J connectivity index is 0.00000256. The number of likely N-dealkylation sites (N-methyl/N-ethyl adjacent to an activating group) is 1. The lowest BCUT2D eigenvalue weighted by molar-refractivity contribution is -0.133. The number of halogens is 1. The predicted molar refractivity (Wildman–Crippen MR) is 73.4 cm³/mol. The summed E-state index contributed by atoms with van der Waals surface area (Å²) in [7, 11) is 4.08. The number of amides is 1. The third-order valence-electron chi connectivity index (χ3n) is 3.23. The molecule has 0 bridgehead atoms. The van der Waals surface area contributed by atoms with Gasteiger partial charge in [0.2, 0.25) is 5.91 Å². The lowest BCUT2D eigenvalue weighted by Crippen LogP contribution is -2.43. The third kappa shape index (κ3) is 5.70. The molecule has 0 spiro atoms. The Labute approximate surface area is 111 Å². The van der Waals surface area contributed by atoms with Crippen molar-refractivity contribution in [1.29, 1.82) is 0 Å². The molecular formula is C12H26ClN3O. The Hall–Kier alpha value is -0.320. The van der Waals surface area contributed by atoms with Crippen molar-refractivity contribution in [1.82, 2.24) is 9.80 Å². The van der Waals surface area contributed by atoms with E-state index < -0.39 is 0 Å². The van der Waals surface area contributed by atoms with Gasteiger partial charge in [-0.3, -0.25) is 4.79 Å². The number of nitrogens with zero attached hydrogens (tertiary/aromatic N) is 2. The molecule has 0 aromatic carbocycles. The van der Waals surface area contributed by atoms with E-state index in [1.165, 1.54) is 25.7 Å². The van der Waals surface area contributed by atoms with Gasteiger partial charge in [0.15, 0.2) is 0 Å². The molecule has 1 fully saturated rings. The number of carbonyl (C=O) groups is 1. The van der Waals surface area contributed by atoms with Crippen molar-refractivity contribution in [3.63, 3.8) is 0 Å². The Morgan fingerprint density at radius 3 is 2.29 bits per heavy atom. The Kier molecular flexibility index (Phi) is 8.56. The van der Waals surface area contributed by atoms with Crippen LogP contribution in [0.3, 0.4) is 0 Å². The van der Waals surface area contributed by atoms with Crippen molar-refractivity contribution in [2.75, 3.05) is 33.7 Å². The van der Waals surface area contributed by atoms with Crippen molar-refractivity contribution >= 4 is 18.3 Å². The number of nitrogens with two attached hydrogens (primary N) is 1. The molecule has 1 saturated carbocycles. The molecule has 1 aliphatic rings. The molecule has 17 heavy (non-hydrogen) atoms. The second-order valence-electron chi connectivity index (χ2n) is 4.87. The molecule has 0 aliphatic heterocycles. The smallest absolute Gasteiger partial charge is 0.224 e. The van der Waals surface area contributed by atoms with Crippen LogP contribution in [0, 0.1) is 0 Å². The molecule has 0 radical (unpaired) electrons. The summed E-state index contributed by atoms with van der Waals surface area (Å²) in [5.41, 5.74) is 5.46. The zero-order valence-corrected chi connectivity index (χ0v) is 11.8. The average Bonchev–Trinajstić information content (AvgIpc) is 2.71. The van der Waals surface area contributed by atoms with Crippen LogP contribution in [-0.4, -0.2) is 55.5 Å². The zero-order valence-electron chi connectivity index (χ0n) is 11.0. The molecule has 1 amide bonds. The Morgan fingerprint density at radius 2 is 1.82 bits per heavy atom. The van der Waals surface area contributed by atoms with Crippen LogP contribution in [0.15, 0.2) is 0 Å². The van der Waals surface area contributed by atoms with Crippen molar-refractivity contribution in [2.24, 2.45) is 5.73 Å². The summed E-state index contributed by atoms with van der Waals surface area (Å²) in [5, 5.41) is 0. The van der Waals surface area contributed by atoms with Crippen LogP contribution in [0.2, 0.25) is 0 Å². The number of rotatable bonds is 6. The van der Waals surface area contributed by atoms with Gasteiger partial charge >= 0.3 is 0 Å². The highest BCUT2D eigenvalue weighted by atomic mass is 35.5. The molecule has 0 unspecified atom stereocenters. The fourth-order valence-electron chi connectivity index (χ4n) is 2.30. The summed E-state index contributed by atoms with van der Waals surface area (Å²) in [6.45, 7) is 2.24. The SMILES string of the molecule is CN(C)CCN(C(=O)CCN)C1CCCC1.Cl. The molecule has 4 nitrogen and oxygen atoms in total. The summed E-state index contributed by atoms with van der Waals surface area (Å²) in [5.74, 6) is 0.233. The van der Waals surface area contributed by atoms with Crippen molar-refractivity contribution in [3.05, 3.63) is 0 Å². The molecule has 0 aromatic rings. The predicted octanol–water partition coefficient (Wildman–Crippen LogP) is 1.09. The molecule has 0 saturated heterocycles. The molecular weight excluding hydrogens is 238 g/mol. The maximum atomic E-state index is 12.0. The first-order valence-corrected chi connectivity index (χ1v) is 6.29. The second-order valence-corrected chi connectivity index (χ2v) is 4.87. The first kappa shape index (κ1) is 16.7. The van der Waals surface area contributed by atoms with Crippen LogP contribution in [0.5, 0.6) is 0 Å². The van der Waals surface area contributed by atoms with Crippen molar-refractivity contribution < 1.29 is 4.79 Å². The highest BCUT2D eigenvalue weighted by Crippen LogP contribution is 2.23. The molecule has 5 heteroatoms. The van der Waals surface area contributed by atoms with E-state index in [0.717, 1.165) is 13.1 Å². The molecule has 1 aliphatic carbocycles. The van der Waals surface area contributed by atoms with E-state index in [4.69, 9.17) is 5.73 Å². The summed E-state index contributed by atoms with van der Waals surface area (Å²) in [4.78, 5) is 16.1. The van der Waals surface area contributed by atoms with Crippen molar-refractivity contribution in [2.45, 2.75) is 38.1 Å². The van der Waals surface area contributed by atoms with Crippen LogP contribution in [0.1, 0.15) is 32.1 Å². The molecule has 0 heterocycles. The van der Waals surface area contributed by atoms with Gasteiger partial charge < -0.3 is 15.5 Å². The van der Waals surface area contributed by atoms with Crippen LogP contribution in [0.25, 0.3) is 0 Å². The molecule has 1 rings (SSSR count). The maximum Gasteiger partial charge on any atom is 0.224 e.